The predicted molar refractivity (Wildman–Crippen MR) is 140 cm³/mol. The van der Waals surface area contributed by atoms with Crippen molar-refractivity contribution in [2.24, 2.45) is 0 Å². The van der Waals surface area contributed by atoms with E-state index in [1.807, 2.05) is 26.8 Å². The van der Waals surface area contributed by atoms with E-state index in [-0.39, 0.29) is 23.9 Å². The minimum absolute atomic E-state index is 0.110. The molecule has 2 aliphatic heterocycles. The molecule has 204 valence electrons. The number of nitrogens with zero attached hydrogens (tertiary/aromatic N) is 3. The average molecular weight is 516 g/mol. The first-order chi connectivity index (χ1) is 17.5. The zero-order chi connectivity index (χ0) is 26.9. The lowest BCUT2D eigenvalue weighted by atomic mass is 9.97. The highest BCUT2D eigenvalue weighted by molar-refractivity contribution is 6.05. The van der Waals surface area contributed by atoms with E-state index in [1.54, 1.807) is 29.7 Å². The van der Waals surface area contributed by atoms with Crippen LogP contribution in [0.25, 0.3) is 0 Å². The van der Waals surface area contributed by atoms with Gasteiger partial charge in [-0.1, -0.05) is 0 Å². The fourth-order valence-corrected chi connectivity index (χ4v) is 5.34. The van der Waals surface area contributed by atoms with Crippen LogP contribution < -0.4 is 9.64 Å². The van der Waals surface area contributed by atoms with Gasteiger partial charge in [0.25, 0.3) is 11.8 Å². The molecule has 9 heteroatoms. The lowest BCUT2D eigenvalue weighted by Crippen LogP contribution is -2.54. The normalized spacial score (nSPS) is 21.0. The first-order valence-electron chi connectivity index (χ1n) is 13.6. The van der Waals surface area contributed by atoms with Gasteiger partial charge in [0.15, 0.2) is 5.60 Å². The van der Waals surface area contributed by atoms with Crippen LogP contribution in [0.3, 0.4) is 0 Å². The van der Waals surface area contributed by atoms with E-state index in [2.05, 4.69) is 0 Å². The minimum Gasteiger partial charge on any atom is -0.476 e. The zero-order valence-corrected chi connectivity index (χ0v) is 22.8. The van der Waals surface area contributed by atoms with E-state index in [0.29, 0.717) is 55.8 Å². The van der Waals surface area contributed by atoms with Crippen molar-refractivity contribution in [1.29, 1.82) is 0 Å². The van der Waals surface area contributed by atoms with Crippen LogP contribution in [0, 0.1) is 6.92 Å². The van der Waals surface area contributed by atoms with Gasteiger partial charge in [-0.25, -0.2) is 4.79 Å². The van der Waals surface area contributed by atoms with E-state index < -0.39 is 11.7 Å². The van der Waals surface area contributed by atoms with E-state index in [4.69, 9.17) is 9.47 Å². The van der Waals surface area contributed by atoms with Crippen molar-refractivity contribution >= 4 is 23.6 Å². The number of carbonyl (C=O) groups excluding carboxylic acids is 2. The highest BCUT2D eigenvalue weighted by atomic mass is 16.5. The summed E-state index contributed by atoms with van der Waals surface area (Å²) < 4.78 is 11.9. The molecule has 1 atom stereocenters. The van der Waals surface area contributed by atoms with Gasteiger partial charge in [0.05, 0.1) is 17.8 Å². The molecule has 0 spiro atoms. The Kier molecular flexibility index (Phi) is 8.02. The Morgan fingerprint density at radius 1 is 1.22 bits per heavy atom. The molecule has 1 aliphatic carbocycles. The Hall–Kier alpha value is -2.81. The summed E-state index contributed by atoms with van der Waals surface area (Å²) in [6.45, 7) is 11.3. The number of hydrogen-bond acceptors (Lipinski definition) is 5. The second-order valence-electron chi connectivity index (χ2n) is 11.3. The summed E-state index contributed by atoms with van der Waals surface area (Å²) in [5.41, 5.74) is 0.893. The molecule has 1 saturated carbocycles. The highest BCUT2D eigenvalue weighted by Crippen LogP contribution is 2.40. The van der Waals surface area contributed by atoms with E-state index in [1.165, 1.54) is 4.90 Å². The third-order valence-corrected chi connectivity index (χ3v) is 7.46. The standard InChI is InChI=1S/C28H41N3O6/c1-18(2)31(20-9-8-12-29(17-20)27(34)35)25(32)22-16-23-24(15-19(22)3)37-28(4,5)26(33)30(23)13-6-7-14-36-21-10-11-21/h15-16,18,20-21H,6-14,17H2,1-5H3,(H,34,35)/t20-/m1/s1. The van der Waals surface area contributed by atoms with Crippen LogP contribution in [-0.4, -0.2) is 82.8 Å². The molecule has 1 aromatic carbocycles. The molecule has 0 aromatic heterocycles. The zero-order valence-electron chi connectivity index (χ0n) is 22.8. The van der Waals surface area contributed by atoms with Crippen LogP contribution in [0.1, 0.15) is 82.1 Å². The van der Waals surface area contributed by atoms with Gasteiger partial charge in [-0.05, 0) is 90.8 Å². The number of anilines is 1. The maximum absolute atomic E-state index is 14.0. The monoisotopic (exact) mass is 515 g/mol. The number of aryl methyl sites for hydroxylation is 1. The molecule has 0 radical (unpaired) electrons. The second-order valence-corrected chi connectivity index (χ2v) is 11.3. The van der Waals surface area contributed by atoms with Gasteiger partial charge in [-0.15, -0.1) is 0 Å². The van der Waals surface area contributed by atoms with Crippen LogP contribution >= 0.6 is 0 Å². The number of piperidine rings is 1. The van der Waals surface area contributed by atoms with Gasteiger partial charge in [0, 0.05) is 37.8 Å². The van der Waals surface area contributed by atoms with Gasteiger partial charge in [0.1, 0.15) is 5.75 Å². The number of amides is 3. The molecule has 37 heavy (non-hydrogen) atoms. The summed E-state index contributed by atoms with van der Waals surface area (Å²) in [5, 5.41) is 9.50. The number of fused-ring (bicyclic) bond motifs is 1. The molecule has 1 aromatic rings. The summed E-state index contributed by atoms with van der Waals surface area (Å²) >= 11 is 0. The number of ether oxygens (including phenoxy) is 2. The van der Waals surface area contributed by atoms with Gasteiger partial charge >= 0.3 is 6.09 Å². The molecule has 9 nitrogen and oxygen atoms in total. The molecule has 4 rings (SSSR count). The Labute approximate surface area is 219 Å². The molecule has 2 fully saturated rings. The van der Waals surface area contributed by atoms with Crippen LogP contribution in [0.15, 0.2) is 12.1 Å². The first-order valence-corrected chi connectivity index (χ1v) is 13.6. The number of benzene rings is 1. The Morgan fingerprint density at radius 2 is 1.95 bits per heavy atom. The maximum Gasteiger partial charge on any atom is 0.407 e. The lowest BCUT2D eigenvalue weighted by Gasteiger charge is -2.41. The van der Waals surface area contributed by atoms with Crippen molar-refractivity contribution in [1.82, 2.24) is 9.80 Å². The van der Waals surface area contributed by atoms with Crippen LogP contribution in [0.4, 0.5) is 10.5 Å². The fraction of sp³-hybridized carbons (Fsp3) is 0.679. The van der Waals surface area contributed by atoms with Crippen molar-refractivity contribution < 1.29 is 29.0 Å². The molecule has 0 unspecified atom stereocenters. The molecule has 2 heterocycles. The number of rotatable bonds is 9. The maximum atomic E-state index is 14.0. The van der Waals surface area contributed by atoms with Crippen LogP contribution in [0.2, 0.25) is 0 Å². The summed E-state index contributed by atoms with van der Waals surface area (Å²) in [6.07, 6.45) is 4.85. The second kappa shape index (κ2) is 10.9. The van der Waals surface area contributed by atoms with Crippen molar-refractivity contribution in [3.05, 3.63) is 23.3 Å². The summed E-state index contributed by atoms with van der Waals surface area (Å²) in [6, 6.07) is 3.32. The topological polar surface area (TPSA) is 99.6 Å². The first kappa shape index (κ1) is 27.2. The van der Waals surface area contributed by atoms with E-state index >= 15 is 0 Å². The largest absolute Gasteiger partial charge is 0.476 e. The quantitative estimate of drug-likeness (QED) is 0.488. The Bertz CT molecular complexity index is 1030. The molecule has 3 aliphatic rings. The van der Waals surface area contributed by atoms with E-state index in [9.17, 15) is 19.5 Å². The van der Waals surface area contributed by atoms with Crippen molar-refractivity contribution in [2.45, 2.75) is 96.9 Å². The van der Waals surface area contributed by atoms with Gasteiger partial charge in [-0.3, -0.25) is 9.59 Å². The number of hydrogen-bond donors (Lipinski definition) is 1. The smallest absolute Gasteiger partial charge is 0.407 e. The summed E-state index contributed by atoms with van der Waals surface area (Å²) in [7, 11) is 0. The molecule has 0 bridgehead atoms. The third-order valence-electron chi connectivity index (χ3n) is 7.46. The molecule has 3 amide bonds. The predicted octanol–water partition coefficient (Wildman–Crippen LogP) is 4.45. The van der Waals surface area contributed by atoms with Crippen LogP contribution in [-0.2, 0) is 9.53 Å². The highest BCUT2D eigenvalue weighted by Gasteiger charge is 2.42. The average Bonchev–Trinajstić information content (AvgIpc) is 3.65. The number of carboxylic acid groups (broad SMARTS) is 1. The van der Waals surface area contributed by atoms with Crippen molar-refractivity contribution in [2.75, 3.05) is 31.1 Å². The number of likely N-dealkylation sites (tertiary alicyclic amines) is 1. The lowest BCUT2D eigenvalue weighted by molar-refractivity contribution is -0.132. The molecular formula is C28H41N3O6. The van der Waals surface area contributed by atoms with Gasteiger partial charge in [-0.2, -0.15) is 0 Å². The molecular weight excluding hydrogens is 474 g/mol. The van der Waals surface area contributed by atoms with Crippen molar-refractivity contribution in [3.63, 3.8) is 0 Å². The van der Waals surface area contributed by atoms with E-state index in [0.717, 1.165) is 37.7 Å². The SMILES string of the molecule is Cc1cc2c(cc1C(=O)N(C(C)C)[C@@H]1CCCN(C(=O)O)C1)N(CCCCOC1CC1)C(=O)C(C)(C)O2. The Balaban J connectivity index is 1.59. The fourth-order valence-electron chi connectivity index (χ4n) is 5.34. The number of unbranched alkanes of at least 4 members (excludes halogenated alkanes) is 1. The van der Waals surface area contributed by atoms with Gasteiger partial charge in [0.2, 0.25) is 0 Å². The van der Waals surface area contributed by atoms with Crippen LogP contribution in [0.5, 0.6) is 5.75 Å². The number of carbonyl (C=O) groups is 3. The van der Waals surface area contributed by atoms with Crippen molar-refractivity contribution in [3.8, 4) is 5.75 Å². The van der Waals surface area contributed by atoms with Gasteiger partial charge < -0.3 is 29.3 Å². The Morgan fingerprint density at radius 3 is 2.59 bits per heavy atom. The summed E-state index contributed by atoms with van der Waals surface area (Å²) in [5.74, 6) is 0.316. The molecule has 1 N–H and O–H groups in total. The molecule has 1 saturated heterocycles. The minimum atomic E-state index is -0.998. The third kappa shape index (κ3) is 6.03. The summed E-state index contributed by atoms with van der Waals surface area (Å²) in [4.78, 5) is 43.8.